The number of anilines is 3. The van der Waals surface area contributed by atoms with Gasteiger partial charge in [-0.3, -0.25) is 9.59 Å². The van der Waals surface area contributed by atoms with E-state index in [1.54, 1.807) is 0 Å². The molecule has 0 atom stereocenters. The molecule has 0 bridgehead atoms. The van der Waals surface area contributed by atoms with E-state index in [2.05, 4.69) is 9.80 Å². The van der Waals surface area contributed by atoms with Crippen molar-refractivity contribution in [1.82, 2.24) is 0 Å². The number of hydrogen-bond acceptors (Lipinski definition) is 6. The van der Waals surface area contributed by atoms with Crippen molar-refractivity contribution in [1.29, 1.82) is 0 Å². The van der Waals surface area contributed by atoms with E-state index in [-0.39, 0.29) is 11.8 Å². The van der Waals surface area contributed by atoms with Crippen molar-refractivity contribution in [2.75, 3.05) is 67.3 Å². The Labute approximate surface area is 204 Å². The maximum atomic E-state index is 13.9. The third-order valence-electron chi connectivity index (χ3n) is 7.50. The zero-order chi connectivity index (χ0) is 24.1. The Morgan fingerprint density at radius 1 is 0.629 bits per heavy atom. The van der Waals surface area contributed by atoms with Gasteiger partial charge in [0.2, 0.25) is 0 Å². The van der Waals surface area contributed by atoms with E-state index in [0.717, 1.165) is 59.5 Å². The molecule has 0 radical (unpaired) electrons. The van der Waals surface area contributed by atoms with Gasteiger partial charge in [0, 0.05) is 59.5 Å². The Bertz CT molecular complexity index is 1270. The van der Waals surface area contributed by atoms with Gasteiger partial charge in [0.05, 0.1) is 32.1 Å². The monoisotopic (exact) mass is 471 g/mol. The fraction of sp³-hybridized carbons (Fsp3) is 0.357. The Kier molecular flexibility index (Phi) is 5.46. The Morgan fingerprint density at radius 3 is 1.66 bits per heavy atom. The van der Waals surface area contributed by atoms with Gasteiger partial charge in [-0.05, 0) is 55.3 Å². The molecule has 0 unspecified atom stereocenters. The molecule has 0 spiro atoms. The first kappa shape index (κ1) is 22.1. The molecule has 0 aromatic heterocycles. The van der Waals surface area contributed by atoms with Crippen LogP contribution in [0.1, 0.15) is 31.8 Å². The fourth-order valence-electron chi connectivity index (χ4n) is 5.48. The second-order valence-corrected chi connectivity index (χ2v) is 9.38. The van der Waals surface area contributed by atoms with Gasteiger partial charge in [0.15, 0.2) is 0 Å². The third kappa shape index (κ3) is 3.49. The molecule has 180 valence electrons. The Morgan fingerprint density at radius 2 is 1.14 bits per heavy atom. The lowest BCUT2D eigenvalue weighted by atomic mass is 9.90. The van der Waals surface area contributed by atoms with Crippen molar-refractivity contribution in [3.63, 3.8) is 0 Å². The van der Waals surface area contributed by atoms with Crippen LogP contribution < -0.4 is 14.7 Å². The van der Waals surface area contributed by atoms with Gasteiger partial charge in [0.25, 0.3) is 11.8 Å². The summed E-state index contributed by atoms with van der Waals surface area (Å²) in [6.45, 7) is 9.70. The number of hydrogen-bond donors (Lipinski definition) is 0. The smallest absolute Gasteiger partial charge is 0.265 e. The summed E-state index contributed by atoms with van der Waals surface area (Å²) in [6.07, 6.45) is 0. The zero-order valence-electron chi connectivity index (χ0n) is 20.2. The topological polar surface area (TPSA) is 62.3 Å². The number of benzene rings is 3. The molecule has 3 aliphatic rings. The first-order chi connectivity index (χ1) is 17.1. The lowest BCUT2D eigenvalue weighted by Crippen LogP contribution is -2.42. The average molecular weight is 472 g/mol. The van der Waals surface area contributed by atoms with Crippen LogP contribution in [0.2, 0.25) is 0 Å². The molecule has 3 aromatic rings. The molecule has 35 heavy (non-hydrogen) atoms. The highest BCUT2D eigenvalue weighted by atomic mass is 16.5. The van der Waals surface area contributed by atoms with Crippen LogP contribution in [-0.4, -0.2) is 64.4 Å². The maximum absolute atomic E-state index is 13.9. The van der Waals surface area contributed by atoms with E-state index in [9.17, 15) is 9.59 Å². The van der Waals surface area contributed by atoms with Crippen molar-refractivity contribution in [2.24, 2.45) is 0 Å². The molecule has 3 aromatic carbocycles. The van der Waals surface area contributed by atoms with E-state index >= 15 is 0 Å². The number of imide groups is 1. The number of carbonyl (C=O) groups is 2. The lowest BCUT2D eigenvalue weighted by Gasteiger charge is -2.36. The largest absolute Gasteiger partial charge is 0.378 e. The highest BCUT2D eigenvalue weighted by Crippen LogP contribution is 2.43. The molecule has 0 saturated carbocycles. The molecule has 3 heterocycles. The second kappa shape index (κ2) is 8.66. The van der Waals surface area contributed by atoms with Crippen LogP contribution in [0.5, 0.6) is 0 Å². The number of amides is 2. The van der Waals surface area contributed by atoms with Gasteiger partial charge in [-0.15, -0.1) is 0 Å². The minimum absolute atomic E-state index is 0.270. The number of morpholine rings is 2. The number of nitrogens with zero attached hydrogens (tertiary/aromatic N) is 3. The van der Waals surface area contributed by atoms with Crippen molar-refractivity contribution < 1.29 is 19.1 Å². The van der Waals surface area contributed by atoms with Gasteiger partial charge < -0.3 is 19.3 Å². The van der Waals surface area contributed by atoms with E-state index in [4.69, 9.17) is 9.47 Å². The summed E-state index contributed by atoms with van der Waals surface area (Å²) in [5.41, 5.74) is 5.87. The van der Waals surface area contributed by atoms with Crippen LogP contribution >= 0.6 is 0 Å². The SMILES string of the molecule is Cc1cccc(N2C(=O)c3ccc(N4CCOCC4)c4c(N5CCOCC5)ccc(c34)C2=O)c1C. The van der Waals surface area contributed by atoms with Gasteiger partial charge >= 0.3 is 0 Å². The van der Waals surface area contributed by atoms with Crippen LogP contribution in [0, 0.1) is 13.8 Å². The fourth-order valence-corrected chi connectivity index (χ4v) is 5.48. The van der Waals surface area contributed by atoms with Crippen molar-refractivity contribution in [2.45, 2.75) is 13.8 Å². The predicted molar refractivity (Wildman–Crippen MR) is 137 cm³/mol. The highest BCUT2D eigenvalue weighted by Gasteiger charge is 2.37. The molecule has 7 heteroatoms. The number of aryl methyl sites for hydroxylation is 1. The number of rotatable bonds is 3. The van der Waals surface area contributed by atoms with Gasteiger partial charge in [-0.1, -0.05) is 12.1 Å². The molecule has 2 fully saturated rings. The van der Waals surface area contributed by atoms with Crippen LogP contribution in [-0.2, 0) is 9.47 Å². The molecule has 3 aliphatic heterocycles. The van der Waals surface area contributed by atoms with Crippen LogP contribution in [0.4, 0.5) is 17.1 Å². The van der Waals surface area contributed by atoms with E-state index in [1.807, 2.05) is 56.3 Å². The molecule has 6 rings (SSSR count). The van der Waals surface area contributed by atoms with E-state index in [0.29, 0.717) is 43.2 Å². The minimum Gasteiger partial charge on any atom is -0.378 e. The lowest BCUT2D eigenvalue weighted by molar-refractivity contribution is 0.0893. The standard InChI is InChI=1S/C28H29N3O4/c1-18-4-3-5-22(19(18)2)31-27(32)20-6-8-23(29-10-14-34-15-11-29)26-24(30-12-16-35-17-13-30)9-7-21(25(20)26)28(31)33/h3-9H,10-17H2,1-2H3. The molecular weight excluding hydrogens is 442 g/mol. The number of ether oxygens (including phenoxy) is 2. The summed E-state index contributed by atoms with van der Waals surface area (Å²) in [5, 5.41) is 1.74. The summed E-state index contributed by atoms with van der Waals surface area (Å²) in [5.74, 6) is -0.539. The van der Waals surface area contributed by atoms with Gasteiger partial charge in [-0.25, -0.2) is 4.90 Å². The zero-order valence-corrected chi connectivity index (χ0v) is 20.2. The molecule has 2 amide bonds. The Balaban J connectivity index is 1.58. The van der Waals surface area contributed by atoms with Crippen LogP contribution in [0.15, 0.2) is 42.5 Å². The van der Waals surface area contributed by atoms with E-state index < -0.39 is 0 Å². The third-order valence-corrected chi connectivity index (χ3v) is 7.50. The molecule has 0 N–H and O–H groups in total. The molecule has 0 aliphatic carbocycles. The summed E-state index contributed by atoms with van der Waals surface area (Å²) >= 11 is 0. The minimum atomic E-state index is -0.270. The average Bonchev–Trinajstić information content (AvgIpc) is 2.90. The summed E-state index contributed by atoms with van der Waals surface area (Å²) < 4.78 is 11.2. The molecule has 7 nitrogen and oxygen atoms in total. The van der Waals surface area contributed by atoms with Crippen LogP contribution in [0.25, 0.3) is 10.8 Å². The first-order valence-electron chi connectivity index (χ1n) is 12.3. The predicted octanol–water partition coefficient (Wildman–Crippen LogP) is 3.93. The Hall–Kier alpha value is -3.42. The van der Waals surface area contributed by atoms with Gasteiger partial charge in [-0.2, -0.15) is 0 Å². The molecular formula is C28H29N3O4. The number of carbonyl (C=O) groups excluding carboxylic acids is 2. The summed E-state index contributed by atoms with van der Waals surface area (Å²) in [4.78, 5) is 33.7. The summed E-state index contributed by atoms with van der Waals surface area (Å²) in [7, 11) is 0. The van der Waals surface area contributed by atoms with Crippen LogP contribution in [0.3, 0.4) is 0 Å². The summed E-state index contributed by atoms with van der Waals surface area (Å²) in [6, 6.07) is 13.6. The van der Waals surface area contributed by atoms with Crippen molar-refractivity contribution >= 4 is 39.6 Å². The first-order valence-corrected chi connectivity index (χ1v) is 12.3. The van der Waals surface area contributed by atoms with Crippen molar-refractivity contribution in [3.05, 3.63) is 64.7 Å². The second-order valence-electron chi connectivity index (χ2n) is 9.38. The normalized spacial score (nSPS) is 18.5. The highest BCUT2D eigenvalue weighted by molar-refractivity contribution is 6.37. The molecule has 2 saturated heterocycles. The van der Waals surface area contributed by atoms with Gasteiger partial charge in [0.1, 0.15) is 0 Å². The van der Waals surface area contributed by atoms with Crippen molar-refractivity contribution in [3.8, 4) is 0 Å². The maximum Gasteiger partial charge on any atom is 0.265 e. The quantitative estimate of drug-likeness (QED) is 0.540. The van der Waals surface area contributed by atoms with E-state index in [1.165, 1.54) is 4.90 Å².